The Morgan fingerprint density at radius 1 is 1.10 bits per heavy atom. The molecule has 0 amide bonds. The molecule has 6 unspecified atom stereocenters. The van der Waals surface area contributed by atoms with Crippen LogP contribution in [0.5, 0.6) is 0 Å². The van der Waals surface area contributed by atoms with Crippen LogP contribution in [-0.2, 0) is 19.2 Å². The summed E-state index contributed by atoms with van der Waals surface area (Å²) in [5.74, 6) is 0.601. The summed E-state index contributed by atoms with van der Waals surface area (Å²) in [6.45, 7) is 6.54. The highest BCUT2D eigenvalue weighted by Gasteiger charge is 2.83. The molecule has 6 aliphatic rings. The maximum atomic E-state index is 6.29. The second-order valence-electron chi connectivity index (χ2n) is 8.21. The van der Waals surface area contributed by atoms with Crippen LogP contribution in [0.25, 0.3) is 0 Å². The third kappa shape index (κ3) is 1.22. The lowest BCUT2D eigenvalue weighted by atomic mass is 9.30. The van der Waals surface area contributed by atoms with E-state index in [-0.39, 0.29) is 35.4 Å². The van der Waals surface area contributed by atoms with Crippen LogP contribution in [0.2, 0.25) is 0 Å². The number of nitrogens with two attached hydrogens (primary N) is 1. The van der Waals surface area contributed by atoms with Gasteiger partial charge < -0.3 is 15.2 Å². The van der Waals surface area contributed by atoms with E-state index >= 15 is 0 Å². The molecule has 0 radical (unpaired) electrons. The van der Waals surface area contributed by atoms with E-state index < -0.39 is 5.79 Å². The predicted octanol–water partition coefficient (Wildman–Crippen LogP) is 2.15. The number of rotatable bonds is 0. The zero-order valence-electron chi connectivity index (χ0n) is 13.0. The molecule has 3 aliphatic heterocycles. The van der Waals surface area contributed by atoms with E-state index in [1.165, 1.54) is 6.42 Å². The van der Waals surface area contributed by atoms with Gasteiger partial charge in [0.1, 0.15) is 12.3 Å². The van der Waals surface area contributed by atoms with Gasteiger partial charge in [-0.15, -0.1) is 0 Å². The molecule has 0 aromatic heterocycles. The van der Waals surface area contributed by atoms with Crippen LogP contribution in [0.1, 0.15) is 46.5 Å². The molecule has 2 N–H and O–H groups in total. The van der Waals surface area contributed by atoms with E-state index in [9.17, 15) is 0 Å². The molecule has 3 saturated carbocycles. The van der Waals surface area contributed by atoms with Gasteiger partial charge in [0.2, 0.25) is 5.79 Å². The van der Waals surface area contributed by atoms with Crippen molar-refractivity contribution in [2.45, 2.75) is 70.9 Å². The van der Waals surface area contributed by atoms with Crippen molar-refractivity contribution in [1.29, 1.82) is 0 Å². The molecular formula is C16H25NO4. The summed E-state index contributed by atoms with van der Waals surface area (Å²) in [6, 6.07) is 0. The monoisotopic (exact) mass is 295 g/mol. The Morgan fingerprint density at radius 3 is 2.71 bits per heavy atom. The van der Waals surface area contributed by atoms with Crippen LogP contribution in [0.3, 0.4) is 0 Å². The van der Waals surface area contributed by atoms with Gasteiger partial charge in [-0.2, -0.15) is 0 Å². The molecular weight excluding hydrogens is 270 g/mol. The van der Waals surface area contributed by atoms with E-state index in [1.54, 1.807) is 0 Å². The standard InChI is InChI=1S/C16H25NO4/c1-8-4-5-16-9(2)11(17)18-12-10(16)15(8)7-6-14(3,19-12)21-20-13(15)16/h8-13H,4-7,17H2,1-3H3/t8-,9+,10?,11?,12?,13?,14+,15?,16?/m1/s1. The lowest BCUT2D eigenvalue weighted by Crippen LogP contribution is -2.82. The minimum atomic E-state index is -0.698. The molecule has 3 saturated heterocycles. The average Bonchev–Trinajstić information content (AvgIpc) is 2.61. The highest BCUT2D eigenvalue weighted by molar-refractivity contribution is 5.26. The summed E-state index contributed by atoms with van der Waals surface area (Å²) in [5, 5.41) is 0. The smallest absolute Gasteiger partial charge is 0.201 e. The van der Waals surface area contributed by atoms with Crippen LogP contribution >= 0.6 is 0 Å². The Balaban J connectivity index is 1.71. The van der Waals surface area contributed by atoms with Crippen molar-refractivity contribution < 1.29 is 19.2 Å². The number of hydrogen-bond donors (Lipinski definition) is 1. The van der Waals surface area contributed by atoms with Crippen LogP contribution < -0.4 is 5.73 Å². The fourth-order valence-electron chi connectivity index (χ4n) is 6.50. The van der Waals surface area contributed by atoms with Crippen molar-refractivity contribution in [3.05, 3.63) is 0 Å². The Labute approximate surface area is 125 Å². The molecule has 5 heteroatoms. The second-order valence-corrected chi connectivity index (χ2v) is 8.21. The molecule has 3 aliphatic carbocycles. The van der Waals surface area contributed by atoms with Crippen molar-refractivity contribution in [2.75, 3.05) is 0 Å². The van der Waals surface area contributed by atoms with Gasteiger partial charge in [-0.3, -0.25) is 0 Å². The zero-order chi connectivity index (χ0) is 14.6. The topological polar surface area (TPSA) is 62.9 Å². The Bertz CT molecular complexity index is 495. The fourth-order valence-corrected chi connectivity index (χ4v) is 6.50. The second kappa shape index (κ2) is 3.65. The summed E-state index contributed by atoms with van der Waals surface area (Å²) >= 11 is 0. The summed E-state index contributed by atoms with van der Waals surface area (Å²) in [6.07, 6.45) is 3.99. The fraction of sp³-hybridized carbons (Fsp3) is 1.00. The molecule has 9 atom stereocenters. The van der Waals surface area contributed by atoms with E-state index in [0.29, 0.717) is 11.8 Å². The summed E-state index contributed by atoms with van der Waals surface area (Å²) < 4.78 is 12.3. The van der Waals surface area contributed by atoms with Crippen molar-refractivity contribution in [1.82, 2.24) is 0 Å². The van der Waals surface area contributed by atoms with E-state index in [2.05, 4.69) is 13.8 Å². The van der Waals surface area contributed by atoms with Gasteiger partial charge in [0.25, 0.3) is 0 Å². The van der Waals surface area contributed by atoms with E-state index in [4.69, 9.17) is 25.0 Å². The third-order valence-electron chi connectivity index (χ3n) is 7.66. The quantitative estimate of drug-likeness (QED) is 0.694. The van der Waals surface area contributed by atoms with Crippen LogP contribution in [0.4, 0.5) is 0 Å². The van der Waals surface area contributed by atoms with Crippen LogP contribution in [-0.4, -0.2) is 24.4 Å². The number of ether oxygens (including phenoxy) is 2. The lowest BCUT2D eigenvalue weighted by Gasteiger charge is -2.77. The maximum absolute atomic E-state index is 6.29. The third-order valence-corrected chi connectivity index (χ3v) is 7.66. The molecule has 6 fully saturated rings. The Morgan fingerprint density at radius 2 is 1.90 bits per heavy atom. The van der Waals surface area contributed by atoms with Gasteiger partial charge in [0.05, 0.1) is 0 Å². The predicted molar refractivity (Wildman–Crippen MR) is 73.4 cm³/mol. The molecule has 6 rings (SSSR count). The summed E-state index contributed by atoms with van der Waals surface area (Å²) in [4.78, 5) is 11.8. The highest BCUT2D eigenvalue weighted by atomic mass is 17.2. The van der Waals surface area contributed by atoms with Gasteiger partial charge >= 0.3 is 0 Å². The highest BCUT2D eigenvalue weighted by Crippen LogP contribution is 2.79. The Hall–Kier alpha value is -0.200. The van der Waals surface area contributed by atoms with Crippen molar-refractivity contribution in [3.8, 4) is 0 Å². The van der Waals surface area contributed by atoms with Crippen molar-refractivity contribution in [2.24, 2.45) is 34.3 Å². The van der Waals surface area contributed by atoms with E-state index in [0.717, 1.165) is 19.3 Å². The van der Waals surface area contributed by atoms with Crippen molar-refractivity contribution >= 4 is 0 Å². The first-order valence-corrected chi connectivity index (χ1v) is 8.37. The molecule has 3 bridgehead atoms. The molecule has 21 heavy (non-hydrogen) atoms. The number of fused-ring (bicyclic) bond motifs is 4. The normalized spacial score (nSPS) is 68.0. The molecule has 3 heterocycles. The van der Waals surface area contributed by atoms with Crippen LogP contribution in [0, 0.1) is 28.6 Å². The molecule has 2 spiro atoms. The minimum absolute atomic E-state index is 0.0700. The molecule has 0 aromatic carbocycles. The van der Waals surface area contributed by atoms with Crippen LogP contribution in [0.15, 0.2) is 0 Å². The SMILES string of the molecule is C[C@@H]1CCC23C4OO[C@@]5(C)CCC41C2C(OC(N)[C@@H]3C)O5. The minimum Gasteiger partial charge on any atom is -0.334 e. The first-order valence-electron chi connectivity index (χ1n) is 8.37. The van der Waals surface area contributed by atoms with Gasteiger partial charge in [-0.05, 0) is 32.1 Å². The van der Waals surface area contributed by atoms with Gasteiger partial charge in [-0.1, -0.05) is 13.8 Å². The van der Waals surface area contributed by atoms with Gasteiger partial charge in [-0.25, -0.2) is 9.78 Å². The largest absolute Gasteiger partial charge is 0.334 e. The number of hydrogen-bond acceptors (Lipinski definition) is 5. The van der Waals surface area contributed by atoms with Gasteiger partial charge in [0.15, 0.2) is 6.29 Å². The van der Waals surface area contributed by atoms with Crippen molar-refractivity contribution in [3.63, 3.8) is 0 Å². The van der Waals surface area contributed by atoms with E-state index in [1.807, 2.05) is 6.92 Å². The zero-order valence-corrected chi connectivity index (χ0v) is 13.0. The molecule has 5 nitrogen and oxygen atoms in total. The average molecular weight is 295 g/mol. The maximum Gasteiger partial charge on any atom is 0.201 e. The molecule has 118 valence electrons. The lowest BCUT2D eigenvalue weighted by molar-refractivity contribution is -0.555. The first-order chi connectivity index (χ1) is 9.94. The van der Waals surface area contributed by atoms with Gasteiger partial charge in [0, 0.05) is 29.1 Å². The molecule has 0 aromatic rings. The summed E-state index contributed by atoms with van der Waals surface area (Å²) in [7, 11) is 0. The summed E-state index contributed by atoms with van der Waals surface area (Å²) in [5.41, 5.74) is 6.50. The Kier molecular flexibility index (Phi) is 2.30. The first kappa shape index (κ1) is 13.3.